The summed E-state index contributed by atoms with van der Waals surface area (Å²) < 4.78 is 38.3. The second kappa shape index (κ2) is 6.70. The first-order chi connectivity index (χ1) is 13.5. The monoisotopic (exact) mass is 404 g/mol. The van der Waals surface area contributed by atoms with E-state index < -0.39 is 12.6 Å². The lowest BCUT2D eigenvalue weighted by Crippen LogP contribution is -2.54. The van der Waals surface area contributed by atoms with Gasteiger partial charge in [-0.2, -0.15) is 13.2 Å². The van der Waals surface area contributed by atoms with Crippen molar-refractivity contribution in [2.45, 2.75) is 25.2 Å². The van der Waals surface area contributed by atoms with Crippen molar-refractivity contribution in [3.63, 3.8) is 0 Å². The fourth-order valence-corrected chi connectivity index (χ4v) is 5.37. The average Bonchev–Trinajstić information content (AvgIpc) is 3.19. The number of halogens is 3. The van der Waals surface area contributed by atoms with E-state index in [9.17, 15) is 13.2 Å². The quantitative estimate of drug-likeness (QED) is 0.655. The van der Waals surface area contributed by atoms with Crippen molar-refractivity contribution in [3.05, 3.63) is 53.2 Å². The van der Waals surface area contributed by atoms with Crippen LogP contribution in [0, 0.1) is 5.92 Å². The van der Waals surface area contributed by atoms with E-state index in [0.29, 0.717) is 16.8 Å². The topological polar surface area (TPSA) is 32.3 Å². The van der Waals surface area contributed by atoms with Crippen LogP contribution in [-0.2, 0) is 13.0 Å². The molecule has 2 saturated heterocycles. The molecule has 3 aromatic rings. The third-order valence-electron chi connectivity index (χ3n) is 5.61. The van der Waals surface area contributed by atoms with Crippen molar-refractivity contribution in [1.82, 2.24) is 14.9 Å². The first-order valence-electron chi connectivity index (χ1n) is 9.29. The number of alkyl halides is 3. The highest BCUT2D eigenvalue weighted by Gasteiger charge is 2.46. The number of aromatic nitrogens is 2. The second-order valence-electron chi connectivity index (χ2n) is 7.57. The zero-order chi connectivity index (χ0) is 19.3. The Morgan fingerprint density at radius 2 is 1.89 bits per heavy atom. The number of thiophene rings is 1. The van der Waals surface area contributed by atoms with E-state index >= 15 is 0 Å². The van der Waals surface area contributed by atoms with Crippen LogP contribution in [0.15, 0.2) is 42.7 Å². The summed E-state index contributed by atoms with van der Waals surface area (Å²) in [7, 11) is 0. The molecule has 0 aliphatic carbocycles. The van der Waals surface area contributed by atoms with Gasteiger partial charge in [-0.05, 0) is 11.6 Å². The van der Waals surface area contributed by atoms with Crippen molar-refractivity contribution >= 4 is 27.4 Å². The van der Waals surface area contributed by atoms with Crippen molar-refractivity contribution in [3.8, 4) is 0 Å². The second-order valence-corrected chi connectivity index (χ2v) is 8.68. The van der Waals surface area contributed by atoms with Crippen molar-refractivity contribution in [2.24, 2.45) is 5.92 Å². The van der Waals surface area contributed by atoms with Crippen LogP contribution in [0.1, 0.15) is 10.4 Å². The molecule has 1 aromatic carbocycles. The van der Waals surface area contributed by atoms with Gasteiger partial charge in [-0.1, -0.05) is 30.3 Å². The zero-order valence-corrected chi connectivity index (χ0v) is 15.9. The highest BCUT2D eigenvalue weighted by molar-refractivity contribution is 7.18. The molecule has 0 unspecified atom stereocenters. The maximum Gasteiger partial charge on any atom is 0.393 e. The average molecular weight is 404 g/mol. The Hall–Kier alpha value is -2.19. The van der Waals surface area contributed by atoms with E-state index in [0.717, 1.165) is 48.7 Å². The molecular weight excluding hydrogens is 385 g/mol. The number of benzene rings is 1. The minimum Gasteiger partial charge on any atom is -0.354 e. The standard InChI is InChI=1S/C20H19F3N4S/c21-20(22,23)7-15-6-16-18(24-12-25-19(16)28-15)27-10-14-9-26(17(14)11-27)8-13-4-2-1-3-5-13/h1-6,12,14,17H,7-11H2/t14-,17+/m1/s1. The zero-order valence-electron chi connectivity index (χ0n) is 15.1. The largest absolute Gasteiger partial charge is 0.393 e. The van der Waals surface area contributed by atoms with E-state index in [1.807, 2.05) is 6.07 Å². The molecule has 28 heavy (non-hydrogen) atoms. The minimum atomic E-state index is -4.21. The first-order valence-corrected chi connectivity index (χ1v) is 10.1. The predicted octanol–water partition coefficient (Wildman–Crippen LogP) is 4.12. The molecule has 0 bridgehead atoms. The number of nitrogens with zero attached hydrogens (tertiary/aromatic N) is 4. The third kappa shape index (κ3) is 3.35. The minimum absolute atomic E-state index is 0.289. The molecule has 4 heterocycles. The van der Waals surface area contributed by atoms with E-state index in [1.54, 1.807) is 6.07 Å². The lowest BCUT2D eigenvalue weighted by Gasteiger charge is -2.43. The number of hydrogen-bond acceptors (Lipinski definition) is 5. The molecule has 0 spiro atoms. The number of hydrogen-bond donors (Lipinski definition) is 0. The van der Waals surface area contributed by atoms with Gasteiger partial charge in [-0.3, -0.25) is 4.90 Å². The summed E-state index contributed by atoms with van der Waals surface area (Å²) in [5.74, 6) is 1.35. The number of anilines is 1. The summed E-state index contributed by atoms with van der Waals surface area (Å²) in [6.07, 6.45) is -3.66. The Balaban J connectivity index is 1.34. The summed E-state index contributed by atoms with van der Waals surface area (Å²) in [5.41, 5.74) is 1.30. The van der Waals surface area contributed by atoms with Gasteiger partial charge in [0, 0.05) is 43.0 Å². The molecular formula is C20H19F3N4S. The van der Waals surface area contributed by atoms with Crippen LogP contribution in [0.3, 0.4) is 0 Å². The normalized spacial score (nSPS) is 22.5. The molecule has 5 rings (SSSR count). The predicted molar refractivity (Wildman–Crippen MR) is 104 cm³/mol. The summed E-state index contributed by atoms with van der Waals surface area (Å²) in [6.45, 7) is 3.73. The summed E-state index contributed by atoms with van der Waals surface area (Å²) in [6, 6.07) is 12.5. The molecule has 146 valence electrons. The van der Waals surface area contributed by atoms with E-state index in [-0.39, 0.29) is 4.88 Å². The summed E-state index contributed by atoms with van der Waals surface area (Å²) in [4.78, 5) is 14.2. The van der Waals surface area contributed by atoms with Crippen LogP contribution in [0.5, 0.6) is 0 Å². The van der Waals surface area contributed by atoms with Gasteiger partial charge in [0.15, 0.2) is 0 Å². The fraction of sp³-hybridized carbons (Fsp3) is 0.400. The van der Waals surface area contributed by atoms with Gasteiger partial charge < -0.3 is 4.90 Å². The SMILES string of the molecule is FC(F)(F)Cc1cc2c(N3C[C@H]4CN(Cc5ccccc5)[C@H]4C3)ncnc2s1. The van der Waals surface area contributed by atoms with Gasteiger partial charge in [-0.25, -0.2) is 9.97 Å². The van der Waals surface area contributed by atoms with Gasteiger partial charge in [0.1, 0.15) is 17.0 Å². The lowest BCUT2D eigenvalue weighted by atomic mass is 9.91. The van der Waals surface area contributed by atoms with Gasteiger partial charge in [0.25, 0.3) is 0 Å². The summed E-state index contributed by atoms with van der Waals surface area (Å²) in [5, 5.41) is 0.739. The molecule has 2 fully saturated rings. The van der Waals surface area contributed by atoms with Crippen LogP contribution >= 0.6 is 11.3 Å². The highest BCUT2D eigenvalue weighted by Crippen LogP contribution is 2.39. The Bertz CT molecular complexity index is 988. The van der Waals surface area contributed by atoms with Crippen molar-refractivity contribution in [1.29, 1.82) is 0 Å². The molecule has 0 saturated carbocycles. The van der Waals surface area contributed by atoms with Gasteiger partial charge in [-0.15, -0.1) is 11.3 Å². The maximum absolute atomic E-state index is 12.8. The van der Waals surface area contributed by atoms with Crippen LogP contribution in [0.2, 0.25) is 0 Å². The molecule has 4 nitrogen and oxygen atoms in total. The van der Waals surface area contributed by atoms with E-state index in [2.05, 4.69) is 44.0 Å². The van der Waals surface area contributed by atoms with Gasteiger partial charge in [0.2, 0.25) is 0 Å². The Kier molecular flexibility index (Phi) is 4.28. The number of likely N-dealkylation sites (tertiary alicyclic amines) is 1. The van der Waals surface area contributed by atoms with Crippen LogP contribution in [0.4, 0.5) is 19.0 Å². The van der Waals surface area contributed by atoms with Gasteiger partial charge in [0.05, 0.1) is 11.8 Å². The molecule has 0 radical (unpaired) electrons. The van der Waals surface area contributed by atoms with E-state index in [4.69, 9.17) is 0 Å². The molecule has 0 amide bonds. The maximum atomic E-state index is 12.8. The fourth-order valence-electron chi connectivity index (χ4n) is 4.35. The lowest BCUT2D eigenvalue weighted by molar-refractivity contribution is -0.126. The Morgan fingerprint density at radius 3 is 2.68 bits per heavy atom. The van der Waals surface area contributed by atoms with E-state index in [1.165, 1.54) is 11.9 Å². The molecule has 2 aliphatic rings. The van der Waals surface area contributed by atoms with Crippen molar-refractivity contribution < 1.29 is 13.2 Å². The molecule has 8 heteroatoms. The third-order valence-corrected chi connectivity index (χ3v) is 6.65. The number of rotatable bonds is 4. The van der Waals surface area contributed by atoms with Crippen molar-refractivity contribution in [2.75, 3.05) is 24.5 Å². The first kappa shape index (κ1) is 17.9. The van der Waals surface area contributed by atoms with Crippen LogP contribution in [-0.4, -0.2) is 46.7 Å². The van der Waals surface area contributed by atoms with Crippen LogP contribution in [0.25, 0.3) is 10.2 Å². The number of fused-ring (bicyclic) bond motifs is 2. The van der Waals surface area contributed by atoms with Gasteiger partial charge >= 0.3 is 6.18 Å². The smallest absolute Gasteiger partial charge is 0.354 e. The summed E-state index contributed by atoms with van der Waals surface area (Å²) >= 11 is 1.11. The Labute approximate surface area is 164 Å². The molecule has 2 aromatic heterocycles. The molecule has 2 atom stereocenters. The molecule has 0 N–H and O–H groups in total. The molecule has 2 aliphatic heterocycles. The Morgan fingerprint density at radius 1 is 1.07 bits per heavy atom. The van der Waals surface area contributed by atoms with Crippen LogP contribution < -0.4 is 4.90 Å². The highest BCUT2D eigenvalue weighted by atomic mass is 32.1.